The highest BCUT2D eigenvalue weighted by atomic mass is 16.7. The highest BCUT2D eigenvalue weighted by Gasteiger charge is 2.06. The van der Waals surface area contributed by atoms with Gasteiger partial charge >= 0.3 is 6.16 Å². The van der Waals surface area contributed by atoms with E-state index in [-0.39, 0.29) is 11.5 Å². The summed E-state index contributed by atoms with van der Waals surface area (Å²) < 4.78 is 4.21. The third kappa shape index (κ3) is 1.79. The molecule has 0 atom stereocenters. The standard InChI is InChI=1S/C7H7NO4/c8-4-1-2-5(9)6(3-4)12-7(10)11/h1-3,9H,8H2,(H,10,11). The summed E-state index contributed by atoms with van der Waals surface area (Å²) in [5.74, 6) is -0.422. The zero-order chi connectivity index (χ0) is 9.14. The van der Waals surface area contributed by atoms with Crippen LogP contribution in [-0.4, -0.2) is 16.4 Å². The third-order valence-corrected chi connectivity index (χ3v) is 1.18. The highest BCUT2D eigenvalue weighted by molar-refractivity contribution is 5.64. The monoisotopic (exact) mass is 169 g/mol. The van der Waals surface area contributed by atoms with Crippen molar-refractivity contribution in [2.24, 2.45) is 0 Å². The van der Waals surface area contributed by atoms with Gasteiger partial charge in [0.2, 0.25) is 0 Å². The SMILES string of the molecule is Nc1ccc(O)c(OC(=O)O)c1. The Kier molecular flexibility index (Phi) is 2.05. The summed E-state index contributed by atoms with van der Waals surface area (Å²) in [5, 5.41) is 17.2. The lowest BCUT2D eigenvalue weighted by atomic mass is 10.3. The predicted octanol–water partition coefficient (Wildman–Crippen LogP) is 1.03. The number of nitrogens with two attached hydrogens (primary N) is 1. The van der Waals surface area contributed by atoms with Crippen molar-refractivity contribution in [1.82, 2.24) is 0 Å². The molecular weight excluding hydrogens is 162 g/mol. The summed E-state index contributed by atoms with van der Waals surface area (Å²) in [6, 6.07) is 3.92. The number of anilines is 1. The lowest BCUT2D eigenvalue weighted by Crippen LogP contribution is -2.03. The van der Waals surface area contributed by atoms with E-state index in [0.29, 0.717) is 5.69 Å². The van der Waals surface area contributed by atoms with Crippen LogP contribution in [0.5, 0.6) is 11.5 Å². The first kappa shape index (κ1) is 8.19. The number of carboxylic acid groups (broad SMARTS) is 1. The summed E-state index contributed by atoms with van der Waals surface area (Å²) in [6.07, 6.45) is -1.49. The molecule has 0 aromatic heterocycles. The lowest BCUT2D eigenvalue weighted by molar-refractivity contribution is 0.143. The van der Waals surface area contributed by atoms with E-state index in [1.54, 1.807) is 0 Å². The van der Waals surface area contributed by atoms with Gasteiger partial charge in [0, 0.05) is 11.8 Å². The van der Waals surface area contributed by atoms with E-state index in [4.69, 9.17) is 15.9 Å². The van der Waals surface area contributed by atoms with Crippen molar-refractivity contribution >= 4 is 11.8 Å². The Bertz CT molecular complexity index is 310. The van der Waals surface area contributed by atoms with Gasteiger partial charge in [-0.15, -0.1) is 0 Å². The molecule has 0 aliphatic heterocycles. The summed E-state index contributed by atoms with van der Waals surface area (Å²) in [4.78, 5) is 10.1. The number of hydrogen-bond acceptors (Lipinski definition) is 4. The molecule has 0 spiro atoms. The molecule has 64 valence electrons. The quantitative estimate of drug-likeness (QED) is 0.252. The number of carbonyl (C=O) groups is 1. The zero-order valence-electron chi connectivity index (χ0n) is 6.02. The van der Waals surface area contributed by atoms with E-state index in [0.717, 1.165) is 0 Å². The summed E-state index contributed by atoms with van der Waals surface area (Å²) in [7, 11) is 0. The van der Waals surface area contributed by atoms with Gasteiger partial charge in [-0.3, -0.25) is 0 Å². The summed E-state index contributed by atoms with van der Waals surface area (Å²) in [6.45, 7) is 0. The van der Waals surface area contributed by atoms with Crippen molar-refractivity contribution in [2.45, 2.75) is 0 Å². The minimum Gasteiger partial charge on any atom is -0.504 e. The molecule has 0 heterocycles. The van der Waals surface area contributed by atoms with Crippen molar-refractivity contribution in [1.29, 1.82) is 0 Å². The van der Waals surface area contributed by atoms with Gasteiger partial charge in [-0.25, -0.2) is 4.79 Å². The molecule has 0 amide bonds. The molecule has 1 aromatic rings. The van der Waals surface area contributed by atoms with E-state index < -0.39 is 6.16 Å². The van der Waals surface area contributed by atoms with Crippen LogP contribution in [0.4, 0.5) is 10.5 Å². The number of hydrogen-bond donors (Lipinski definition) is 3. The largest absolute Gasteiger partial charge is 0.511 e. The highest BCUT2D eigenvalue weighted by Crippen LogP contribution is 2.27. The maximum absolute atomic E-state index is 10.1. The molecule has 0 bridgehead atoms. The Hall–Kier alpha value is -1.91. The zero-order valence-corrected chi connectivity index (χ0v) is 6.02. The first-order valence-corrected chi connectivity index (χ1v) is 3.09. The summed E-state index contributed by atoms with van der Waals surface area (Å²) in [5.41, 5.74) is 5.64. The van der Waals surface area contributed by atoms with Crippen LogP contribution in [0, 0.1) is 0 Å². The number of phenols is 1. The van der Waals surface area contributed by atoms with Crippen LogP contribution in [0.3, 0.4) is 0 Å². The minimum absolute atomic E-state index is 0.164. The number of benzene rings is 1. The van der Waals surface area contributed by atoms with Crippen molar-refractivity contribution in [3.8, 4) is 11.5 Å². The van der Waals surface area contributed by atoms with Crippen LogP contribution in [0.1, 0.15) is 0 Å². The second-order valence-corrected chi connectivity index (χ2v) is 2.10. The molecule has 0 radical (unpaired) electrons. The number of aromatic hydroxyl groups is 1. The van der Waals surface area contributed by atoms with Crippen molar-refractivity contribution in [2.75, 3.05) is 5.73 Å². The molecule has 0 fully saturated rings. The fourth-order valence-corrected chi connectivity index (χ4v) is 0.707. The average Bonchev–Trinajstić information content (AvgIpc) is 1.96. The summed E-state index contributed by atoms with van der Waals surface area (Å²) >= 11 is 0. The molecular formula is C7H7NO4. The molecule has 1 rings (SSSR count). The lowest BCUT2D eigenvalue weighted by Gasteiger charge is -2.02. The van der Waals surface area contributed by atoms with Crippen LogP contribution in [0.15, 0.2) is 18.2 Å². The van der Waals surface area contributed by atoms with Gasteiger partial charge in [-0.1, -0.05) is 0 Å². The molecule has 12 heavy (non-hydrogen) atoms. The molecule has 4 N–H and O–H groups in total. The number of nitrogen functional groups attached to an aromatic ring is 1. The fourth-order valence-electron chi connectivity index (χ4n) is 0.707. The molecule has 0 saturated carbocycles. The second kappa shape index (κ2) is 3.00. The van der Waals surface area contributed by atoms with Crippen LogP contribution in [0.2, 0.25) is 0 Å². The van der Waals surface area contributed by atoms with E-state index >= 15 is 0 Å². The number of rotatable bonds is 1. The molecule has 0 aliphatic rings. The molecule has 0 saturated heterocycles. The average molecular weight is 169 g/mol. The Balaban J connectivity index is 2.97. The number of ether oxygens (including phenoxy) is 1. The van der Waals surface area contributed by atoms with E-state index in [1.807, 2.05) is 0 Å². The fraction of sp³-hybridized carbons (Fsp3) is 0. The van der Waals surface area contributed by atoms with Crippen molar-refractivity contribution in [3.63, 3.8) is 0 Å². The maximum Gasteiger partial charge on any atom is 0.511 e. The first-order valence-electron chi connectivity index (χ1n) is 3.09. The Morgan fingerprint density at radius 2 is 2.17 bits per heavy atom. The minimum atomic E-state index is -1.49. The Labute approximate surface area is 68.0 Å². The number of phenolic OH excluding ortho intramolecular Hbond substituents is 1. The van der Waals surface area contributed by atoms with Gasteiger partial charge in [0.15, 0.2) is 11.5 Å². The molecule has 0 aliphatic carbocycles. The second-order valence-electron chi connectivity index (χ2n) is 2.10. The van der Waals surface area contributed by atoms with E-state index in [9.17, 15) is 4.79 Å². The van der Waals surface area contributed by atoms with Crippen molar-refractivity contribution < 1.29 is 19.7 Å². The van der Waals surface area contributed by atoms with Gasteiger partial charge in [0.05, 0.1) is 0 Å². The van der Waals surface area contributed by atoms with Crippen LogP contribution in [-0.2, 0) is 0 Å². The van der Waals surface area contributed by atoms with Crippen molar-refractivity contribution in [3.05, 3.63) is 18.2 Å². The van der Waals surface area contributed by atoms with Gasteiger partial charge in [0.25, 0.3) is 0 Å². The topological polar surface area (TPSA) is 92.8 Å². The Morgan fingerprint density at radius 1 is 1.50 bits per heavy atom. The maximum atomic E-state index is 10.1. The molecule has 5 nitrogen and oxygen atoms in total. The van der Waals surface area contributed by atoms with Gasteiger partial charge in [-0.05, 0) is 12.1 Å². The van der Waals surface area contributed by atoms with Gasteiger partial charge < -0.3 is 20.7 Å². The predicted molar refractivity (Wildman–Crippen MR) is 41.2 cm³/mol. The molecule has 0 unspecified atom stereocenters. The van der Waals surface area contributed by atoms with Gasteiger partial charge in [-0.2, -0.15) is 0 Å². The van der Waals surface area contributed by atoms with E-state index in [2.05, 4.69) is 4.74 Å². The van der Waals surface area contributed by atoms with Crippen LogP contribution in [0.25, 0.3) is 0 Å². The normalized spacial score (nSPS) is 9.33. The molecule has 5 heteroatoms. The first-order chi connectivity index (χ1) is 5.59. The van der Waals surface area contributed by atoms with E-state index in [1.165, 1.54) is 18.2 Å². The Morgan fingerprint density at radius 3 is 2.75 bits per heavy atom. The van der Waals surface area contributed by atoms with Crippen LogP contribution < -0.4 is 10.5 Å². The van der Waals surface area contributed by atoms with Crippen LogP contribution >= 0.6 is 0 Å². The third-order valence-electron chi connectivity index (χ3n) is 1.18. The smallest absolute Gasteiger partial charge is 0.504 e. The molecule has 1 aromatic carbocycles. The van der Waals surface area contributed by atoms with Gasteiger partial charge in [0.1, 0.15) is 0 Å².